The van der Waals surface area contributed by atoms with E-state index in [0.29, 0.717) is 11.9 Å². The van der Waals surface area contributed by atoms with Crippen LogP contribution in [-0.2, 0) is 13.5 Å². The fourth-order valence-corrected chi connectivity index (χ4v) is 3.23. The summed E-state index contributed by atoms with van der Waals surface area (Å²) in [5, 5.41) is 4.47. The number of hydrogen-bond acceptors (Lipinski definition) is 2. The standard InChI is InChI=1S/C13H19ClN4/c1-8-6-10(7-8)18-11(4-5-14)15-12-9(2)16-17(3)13(12)18/h8,10H,4-7H2,1-3H3. The van der Waals surface area contributed by atoms with Gasteiger partial charge in [-0.25, -0.2) is 4.98 Å². The highest BCUT2D eigenvalue weighted by molar-refractivity contribution is 6.17. The van der Waals surface area contributed by atoms with E-state index in [0.717, 1.165) is 35.0 Å². The van der Waals surface area contributed by atoms with Crippen molar-refractivity contribution in [2.75, 3.05) is 5.88 Å². The molecule has 2 aromatic heterocycles. The molecule has 0 spiro atoms. The van der Waals surface area contributed by atoms with Gasteiger partial charge in [0.25, 0.3) is 0 Å². The van der Waals surface area contributed by atoms with Crippen LogP contribution in [0.2, 0.25) is 0 Å². The van der Waals surface area contributed by atoms with E-state index >= 15 is 0 Å². The third-order valence-corrected chi connectivity index (χ3v) is 4.13. The molecular formula is C13H19ClN4. The van der Waals surface area contributed by atoms with Crippen molar-refractivity contribution in [3.63, 3.8) is 0 Å². The highest BCUT2D eigenvalue weighted by Gasteiger charge is 2.31. The summed E-state index contributed by atoms with van der Waals surface area (Å²) in [7, 11) is 2.00. The SMILES string of the molecule is Cc1nn(C)c2c1nc(CCCl)n2C1CC(C)C1. The Morgan fingerprint density at radius 1 is 1.39 bits per heavy atom. The maximum atomic E-state index is 5.90. The van der Waals surface area contributed by atoms with Crippen LogP contribution in [0.4, 0.5) is 0 Å². The average Bonchev–Trinajstić information content (AvgIpc) is 2.75. The van der Waals surface area contributed by atoms with Crippen molar-refractivity contribution < 1.29 is 0 Å². The Hall–Kier alpha value is -1.03. The molecule has 0 unspecified atom stereocenters. The Balaban J connectivity index is 2.14. The van der Waals surface area contributed by atoms with Crippen LogP contribution in [0.15, 0.2) is 0 Å². The van der Waals surface area contributed by atoms with Crippen molar-refractivity contribution in [1.82, 2.24) is 19.3 Å². The predicted molar refractivity (Wildman–Crippen MR) is 73.1 cm³/mol. The number of aryl methyl sites for hydroxylation is 3. The van der Waals surface area contributed by atoms with E-state index in [2.05, 4.69) is 16.6 Å². The smallest absolute Gasteiger partial charge is 0.158 e. The van der Waals surface area contributed by atoms with E-state index in [1.807, 2.05) is 18.7 Å². The molecule has 0 atom stereocenters. The van der Waals surface area contributed by atoms with Gasteiger partial charge in [-0.3, -0.25) is 4.68 Å². The highest BCUT2D eigenvalue weighted by Crippen LogP contribution is 2.40. The number of rotatable bonds is 3. The zero-order valence-electron chi connectivity index (χ0n) is 11.1. The molecular weight excluding hydrogens is 248 g/mol. The van der Waals surface area contributed by atoms with Crippen molar-refractivity contribution in [1.29, 1.82) is 0 Å². The summed E-state index contributed by atoms with van der Waals surface area (Å²) in [6, 6.07) is 0.581. The number of imidazole rings is 1. The maximum absolute atomic E-state index is 5.90. The molecule has 1 saturated carbocycles. The second kappa shape index (κ2) is 4.26. The van der Waals surface area contributed by atoms with Gasteiger partial charge < -0.3 is 4.57 Å². The van der Waals surface area contributed by atoms with Gasteiger partial charge >= 0.3 is 0 Å². The molecule has 2 aromatic rings. The molecule has 3 rings (SSSR count). The van der Waals surface area contributed by atoms with Crippen LogP contribution in [0.3, 0.4) is 0 Å². The number of hydrogen-bond donors (Lipinski definition) is 0. The molecule has 0 bridgehead atoms. The van der Waals surface area contributed by atoms with Crippen LogP contribution in [0.25, 0.3) is 11.2 Å². The molecule has 1 aliphatic carbocycles. The Bertz CT molecular complexity index is 577. The lowest BCUT2D eigenvalue weighted by Gasteiger charge is -2.35. The highest BCUT2D eigenvalue weighted by atomic mass is 35.5. The van der Waals surface area contributed by atoms with Gasteiger partial charge in [-0.2, -0.15) is 5.10 Å². The van der Waals surface area contributed by atoms with Gasteiger partial charge in [0.2, 0.25) is 0 Å². The van der Waals surface area contributed by atoms with Crippen molar-refractivity contribution in [2.24, 2.45) is 13.0 Å². The number of aromatic nitrogens is 4. The minimum atomic E-state index is 0.581. The Labute approximate surface area is 112 Å². The number of halogens is 1. The first-order chi connectivity index (χ1) is 8.61. The van der Waals surface area contributed by atoms with Gasteiger partial charge in [-0.1, -0.05) is 6.92 Å². The van der Waals surface area contributed by atoms with E-state index in [-0.39, 0.29) is 0 Å². The number of nitrogens with zero attached hydrogens (tertiary/aromatic N) is 4. The summed E-state index contributed by atoms with van der Waals surface area (Å²) in [6.07, 6.45) is 3.32. The van der Waals surface area contributed by atoms with Crippen LogP contribution >= 0.6 is 11.6 Å². The quantitative estimate of drug-likeness (QED) is 0.801. The molecule has 0 saturated heterocycles. The summed E-state index contributed by atoms with van der Waals surface area (Å²) in [4.78, 5) is 4.75. The van der Waals surface area contributed by atoms with Crippen LogP contribution in [0.1, 0.15) is 37.3 Å². The number of fused-ring (bicyclic) bond motifs is 1. The number of alkyl halides is 1. The molecule has 18 heavy (non-hydrogen) atoms. The van der Waals surface area contributed by atoms with E-state index in [1.165, 1.54) is 12.8 Å². The van der Waals surface area contributed by atoms with Crippen molar-refractivity contribution in [3.8, 4) is 0 Å². The molecule has 98 valence electrons. The molecule has 4 nitrogen and oxygen atoms in total. The van der Waals surface area contributed by atoms with E-state index in [9.17, 15) is 0 Å². The van der Waals surface area contributed by atoms with Crippen LogP contribution in [0, 0.1) is 12.8 Å². The monoisotopic (exact) mass is 266 g/mol. The molecule has 0 amide bonds. The summed E-state index contributed by atoms with van der Waals surface area (Å²) in [5.41, 5.74) is 3.20. The van der Waals surface area contributed by atoms with Gasteiger partial charge in [-0.05, 0) is 25.7 Å². The lowest BCUT2D eigenvalue weighted by atomic mass is 9.81. The molecule has 2 heterocycles. The van der Waals surface area contributed by atoms with Gasteiger partial charge in [0.1, 0.15) is 11.3 Å². The first-order valence-corrected chi connectivity index (χ1v) is 7.11. The third kappa shape index (κ3) is 1.66. The van der Waals surface area contributed by atoms with Gasteiger partial charge in [0, 0.05) is 25.4 Å². The van der Waals surface area contributed by atoms with Crippen molar-refractivity contribution >= 4 is 22.8 Å². The Morgan fingerprint density at radius 2 is 2.11 bits per heavy atom. The molecule has 0 radical (unpaired) electrons. The molecule has 0 aliphatic heterocycles. The molecule has 1 aliphatic rings. The van der Waals surface area contributed by atoms with Gasteiger partial charge in [0.15, 0.2) is 5.65 Å². The third-order valence-electron chi connectivity index (χ3n) is 3.94. The van der Waals surface area contributed by atoms with E-state index < -0.39 is 0 Å². The summed E-state index contributed by atoms with van der Waals surface area (Å²) in [5.74, 6) is 2.57. The first kappa shape index (κ1) is 12.0. The lowest BCUT2D eigenvalue weighted by Crippen LogP contribution is -2.27. The largest absolute Gasteiger partial charge is 0.310 e. The van der Waals surface area contributed by atoms with Crippen molar-refractivity contribution in [3.05, 3.63) is 11.5 Å². The van der Waals surface area contributed by atoms with Crippen LogP contribution in [-0.4, -0.2) is 25.2 Å². The lowest BCUT2D eigenvalue weighted by molar-refractivity contribution is 0.215. The molecule has 0 N–H and O–H groups in total. The summed E-state index contributed by atoms with van der Waals surface area (Å²) in [6.45, 7) is 4.33. The van der Waals surface area contributed by atoms with Crippen LogP contribution in [0.5, 0.6) is 0 Å². The molecule has 1 fully saturated rings. The maximum Gasteiger partial charge on any atom is 0.158 e. The Kier molecular flexibility index (Phi) is 2.85. The van der Waals surface area contributed by atoms with Crippen LogP contribution < -0.4 is 0 Å². The first-order valence-electron chi connectivity index (χ1n) is 6.58. The second-order valence-electron chi connectivity index (χ2n) is 5.45. The normalized spacial score (nSPS) is 23.6. The molecule has 5 heteroatoms. The minimum Gasteiger partial charge on any atom is -0.310 e. The Morgan fingerprint density at radius 3 is 2.72 bits per heavy atom. The predicted octanol–water partition coefficient (Wildman–Crippen LogP) is 2.83. The van der Waals surface area contributed by atoms with E-state index in [4.69, 9.17) is 16.6 Å². The van der Waals surface area contributed by atoms with Gasteiger partial charge in [-0.15, -0.1) is 11.6 Å². The average molecular weight is 267 g/mol. The fourth-order valence-electron chi connectivity index (χ4n) is 3.06. The zero-order valence-corrected chi connectivity index (χ0v) is 11.9. The van der Waals surface area contributed by atoms with E-state index in [1.54, 1.807) is 0 Å². The van der Waals surface area contributed by atoms with Gasteiger partial charge in [0.05, 0.1) is 5.69 Å². The minimum absolute atomic E-state index is 0.581. The molecule has 0 aromatic carbocycles. The zero-order chi connectivity index (χ0) is 12.9. The summed E-state index contributed by atoms with van der Waals surface area (Å²) >= 11 is 5.90. The fraction of sp³-hybridized carbons (Fsp3) is 0.692. The topological polar surface area (TPSA) is 35.6 Å². The summed E-state index contributed by atoms with van der Waals surface area (Å²) < 4.78 is 4.33. The van der Waals surface area contributed by atoms with Crippen molar-refractivity contribution in [2.45, 2.75) is 39.2 Å². The second-order valence-corrected chi connectivity index (χ2v) is 5.83.